The maximum atomic E-state index is 13.3. The zero-order chi connectivity index (χ0) is 27.4. The molecule has 0 saturated heterocycles. The summed E-state index contributed by atoms with van der Waals surface area (Å²) in [5, 5.41) is 6.43. The van der Waals surface area contributed by atoms with Gasteiger partial charge < -0.3 is 10.6 Å². The summed E-state index contributed by atoms with van der Waals surface area (Å²) in [6, 6.07) is 14.0. The summed E-state index contributed by atoms with van der Waals surface area (Å²) in [6.07, 6.45) is 9.34. The number of aromatic nitrogens is 4. The van der Waals surface area contributed by atoms with E-state index in [1.807, 2.05) is 47.5 Å². The Labute approximate surface area is 232 Å². The van der Waals surface area contributed by atoms with E-state index >= 15 is 0 Å². The first-order valence-electron chi connectivity index (χ1n) is 13.2. The van der Waals surface area contributed by atoms with Crippen molar-refractivity contribution in [3.05, 3.63) is 82.7 Å². The molecule has 2 aromatic heterocycles. The molecule has 0 saturated carbocycles. The van der Waals surface area contributed by atoms with Crippen molar-refractivity contribution >= 4 is 46.5 Å². The van der Waals surface area contributed by atoms with Gasteiger partial charge in [-0.3, -0.25) is 4.79 Å². The largest absolute Gasteiger partial charge is 0.387 e. The summed E-state index contributed by atoms with van der Waals surface area (Å²) < 4.78 is 2.37. The van der Waals surface area contributed by atoms with E-state index in [-0.39, 0.29) is 5.91 Å². The van der Waals surface area contributed by atoms with E-state index < -0.39 is 0 Å². The lowest BCUT2D eigenvalue weighted by Crippen LogP contribution is -2.34. The van der Waals surface area contributed by atoms with Crippen LogP contribution in [0.1, 0.15) is 44.5 Å². The number of nitrogens with zero attached hydrogens (tertiary/aromatic N) is 6. The van der Waals surface area contributed by atoms with Crippen molar-refractivity contribution in [2.24, 2.45) is 10.7 Å². The Bertz CT molecular complexity index is 1640. The van der Waals surface area contributed by atoms with Crippen LogP contribution in [0.2, 0.25) is 0 Å². The molecule has 5 rings (SSSR count). The van der Waals surface area contributed by atoms with Gasteiger partial charge in [0.2, 0.25) is 5.91 Å². The van der Waals surface area contributed by atoms with Crippen LogP contribution < -0.4 is 5.73 Å². The van der Waals surface area contributed by atoms with Gasteiger partial charge in [0, 0.05) is 53.8 Å². The summed E-state index contributed by atoms with van der Waals surface area (Å²) in [5.74, 6) is 1.12. The Morgan fingerprint density at radius 2 is 1.77 bits per heavy atom. The molecule has 39 heavy (non-hydrogen) atoms. The van der Waals surface area contributed by atoms with Gasteiger partial charge in [0.05, 0.1) is 11.9 Å². The number of aliphatic imine (C=N–C) groups is 1. The van der Waals surface area contributed by atoms with Gasteiger partial charge in [-0.2, -0.15) is 5.10 Å². The molecular weight excluding hydrogens is 506 g/mol. The summed E-state index contributed by atoms with van der Waals surface area (Å²) in [6.45, 7) is 6.04. The van der Waals surface area contributed by atoms with Crippen LogP contribution in [0.3, 0.4) is 0 Å². The molecule has 0 atom stereocenters. The Morgan fingerprint density at radius 1 is 1.05 bits per heavy atom. The quantitative estimate of drug-likeness (QED) is 0.290. The average Bonchev–Trinajstić information content (AvgIpc) is 3.12. The Morgan fingerprint density at radius 3 is 2.51 bits per heavy atom. The number of benzene rings is 2. The lowest BCUT2D eigenvalue weighted by molar-refractivity contribution is -0.127. The van der Waals surface area contributed by atoms with E-state index in [0.717, 1.165) is 59.1 Å². The molecule has 1 aliphatic rings. The number of carbonyl (C=O) groups is 1. The first-order chi connectivity index (χ1) is 19.0. The van der Waals surface area contributed by atoms with Crippen LogP contribution in [-0.4, -0.2) is 49.5 Å². The molecule has 1 aliphatic heterocycles. The highest BCUT2D eigenvalue weighted by Crippen LogP contribution is 2.33. The van der Waals surface area contributed by atoms with Gasteiger partial charge in [-0.15, -0.1) is 0 Å². The second-order valence-electron chi connectivity index (χ2n) is 9.59. The third-order valence-corrected chi connectivity index (χ3v) is 7.07. The number of rotatable bonds is 8. The summed E-state index contributed by atoms with van der Waals surface area (Å²) in [5.41, 5.74) is 10.6. The van der Waals surface area contributed by atoms with Crippen molar-refractivity contribution in [2.45, 2.75) is 39.7 Å². The smallest absolute Gasteiger partial charge is 0.250 e. The van der Waals surface area contributed by atoms with E-state index in [2.05, 4.69) is 40.0 Å². The first-order valence-corrected chi connectivity index (χ1v) is 13.6. The van der Waals surface area contributed by atoms with Gasteiger partial charge in [-0.25, -0.2) is 19.6 Å². The number of fused-ring (bicyclic) bond motifs is 2. The zero-order valence-electron chi connectivity index (χ0n) is 22.2. The average molecular weight is 538 g/mol. The van der Waals surface area contributed by atoms with Crippen molar-refractivity contribution in [3.8, 4) is 11.1 Å². The highest BCUT2D eigenvalue weighted by atomic mass is 32.1. The van der Waals surface area contributed by atoms with E-state index in [0.29, 0.717) is 34.8 Å². The van der Waals surface area contributed by atoms with Crippen LogP contribution in [0, 0.1) is 4.64 Å². The Hall–Kier alpha value is -4.24. The second kappa shape index (κ2) is 11.7. The van der Waals surface area contributed by atoms with Crippen LogP contribution in [0.5, 0.6) is 0 Å². The number of amides is 1. The van der Waals surface area contributed by atoms with Crippen molar-refractivity contribution in [1.82, 2.24) is 24.6 Å². The van der Waals surface area contributed by atoms with Crippen molar-refractivity contribution in [1.29, 1.82) is 0 Å². The third-order valence-electron chi connectivity index (χ3n) is 6.64. The fraction of sp³-hybridized carbons (Fsp3) is 0.267. The minimum absolute atomic E-state index is 0.0339. The summed E-state index contributed by atoms with van der Waals surface area (Å²) in [7, 11) is 0. The lowest BCUT2D eigenvalue weighted by atomic mass is 9.99. The maximum absolute atomic E-state index is 13.3. The number of carbonyl (C=O) groups excluding carboxylic acids is 1. The van der Waals surface area contributed by atoms with Gasteiger partial charge in [-0.05, 0) is 48.2 Å². The van der Waals surface area contributed by atoms with Gasteiger partial charge in [0.15, 0.2) is 0 Å². The molecule has 0 spiro atoms. The minimum Gasteiger partial charge on any atom is -0.387 e. The Kier molecular flexibility index (Phi) is 7.88. The molecule has 4 aromatic rings. The van der Waals surface area contributed by atoms with Crippen LogP contribution in [0.15, 0.2) is 71.6 Å². The number of amidine groups is 1. The monoisotopic (exact) mass is 537 g/mol. The summed E-state index contributed by atoms with van der Waals surface area (Å²) >= 11 is 5.72. The van der Waals surface area contributed by atoms with Gasteiger partial charge >= 0.3 is 0 Å². The predicted octanol–water partition coefficient (Wildman–Crippen LogP) is 5.70. The van der Waals surface area contributed by atoms with E-state index in [1.54, 1.807) is 23.1 Å². The topological polar surface area (TPSA) is 102 Å². The minimum atomic E-state index is 0.0339. The molecule has 1 amide bonds. The number of hydrogen-bond donors (Lipinski definition) is 1. The van der Waals surface area contributed by atoms with Crippen LogP contribution >= 0.6 is 12.2 Å². The molecule has 9 heteroatoms. The van der Waals surface area contributed by atoms with E-state index in [9.17, 15) is 4.79 Å². The second-order valence-corrected chi connectivity index (χ2v) is 9.98. The first kappa shape index (κ1) is 26.4. The molecule has 0 radical (unpaired) electrons. The van der Waals surface area contributed by atoms with Crippen molar-refractivity contribution < 1.29 is 4.79 Å². The summed E-state index contributed by atoms with van der Waals surface area (Å²) in [4.78, 5) is 28.4. The number of nitrogens with two attached hydrogens (primary N) is 1. The highest BCUT2D eigenvalue weighted by molar-refractivity contribution is 7.71. The zero-order valence-corrected chi connectivity index (χ0v) is 23.0. The molecule has 0 fully saturated rings. The maximum Gasteiger partial charge on any atom is 0.250 e. The molecular formula is C30H31N7OS. The molecule has 2 N–H and O–H groups in total. The highest BCUT2D eigenvalue weighted by Gasteiger charge is 2.21. The molecule has 2 aromatic carbocycles. The molecule has 0 bridgehead atoms. The van der Waals surface area contributed by atoms with E-state index in [4.69, 9.17) is 18.0 Å². The van der Waals surface area contributed by atoms with Crippen LogP contribution in [-0.2, 0) is 11.3 Å². The fourth-order valence-corrected chi connectivity index (χ4v) is 5.09. The predicted molar refractivity (Wildman–Crippen MR) is 158 cm³/mol. The van der Waals surface area contributed by atoms with Crippen LogP contribution in [0.4, 0.5) is 5.69 Å². The molecule has 0 unspecified atom stereocenters. The van der Waals surface area contributed by atoms with Crippen LogP contribution in [0.25, 0.3) is 28.0 Å². The fourth-order valence-electron chi connectivity index (χ4n) is 4.79. The molecule has 0 aliphatic carbocycles. The van der Waals surface area contributed by atoms with Gasteiger partial charge in [-0.1, -0.05) is 50.3 Å². The standard InChI is InChI=1S/C30H31N7OS/c1-3-12-36(13-4-2)29(38)23-15-22-7-6-21(16-26(22)35-27(31)17-23)20-8-9-25-24(14-20)18-34-37(30(25)39)19-28-32-10-5-11-33-28/h5-11,14-16,18H,3-4,12-13,17,19H2,1-2H3,(H2,31,35). The molecule has 198 valence electrons. The van der Waals surface area contributed by atoms with Crippen molar-refractivity contribution in [2.75, 3.05) is 13.1 Å². The van der Waals surface area contributed by atoms with Gasteiger partial charge in [0.1, 0.15) is 22.8 Å². The van der Waals surface area contributed by atoms with Crippen molar-refractivity contribution in [3.63, 3.8) is 0 Å². The normalized spacial score (nSPS) is 12.9. The SMILES string of the molecule is CCCN(CCC)C(=O)C1=Cc2ccc(-c3ccc4c(=S)n(Cc5ncccn5)ncc4c3)cc2N=C(N)C1. The number of hydrogen-bond acceptors (Lipinski definition) is 7. The molecule has 3 heterocycles. The lowest BCUT2D eigenvalue weighted by Gasteiger charge is -2.22. The van der Waals surface area contributed by atoms with E-state index in [1.165, 1.54) is 0 Å². The van der Waals surface area contributed by atoms with Gasteiger partial charge in [0.25, 0.3) is 0 Å². The Balaban J connectivity index is 1.46. The third kappa shape index (κ3) is 5.78. The molecule has 8 nitrogen and oxygen atoms in total.